The summed E-state index contributed by atoms with van der Waals surface area (Å²) in [6, 6.07) is 10.0. The van der Waals surface area contributed by atoms with Crippen LogP contribution < -0.4 is 0 Å². The molecule has 5 heteroatoms. The third kappa shape index (κ3) is 4.04. The van der Waals surface area contributed by atoms with Crippen LogP contribution >= 0.6 is 0 Å². The van der Waals surface area contributed by atoms with Crippen molar-refractivity contribution in [3.05, 3.63) is 35.9 Å². The Balaban J connectivity index is 2.08. The second-order valence-electron chi connectivity index (χ2n) is 5.36. The minimum atomic E-state index is -0.281. The van der Waals surface area contributed by atoms with Gasteiger partial charge in [0.2, 0.25) is 0 Å². The molecule has 0 saturated carbocycles. The van der Waals surface area contributed by atoms with E-state index in [0.29, 0.717) is 26.1 Å². The average Bonchev–Trinajstić information content (AvgIpc) is 2.53. The maximum Gasteiger partial charge on any atom is 0.309 e. The zero-order valence-corrected chi connectivity index (χ0v) is 12.5. The molecule has 2 atom stereocenters. The van der Waals surface area contributed by atoms with Crippen LogP contribution in [-0.4, -0.2) is 44.1 Å². The van der Waals surface area contributed by atoms with Crippen LogP contribution in [0.2, 0.25) is 0 Å². The van der Waals surface area contributed by atoms with Crippen LogP contribution in [0.5, 0.6) is 0 Å². The average molecular weight is 291 g/mol. The number of carbonyl (C=O) groups is 2. The lowest BCUT2D eigenvalue weighted by molar-refractivity contribution is -0.154. The Morgan fingerprint density at radius 2 is 1.57 bits per heavy atom. The smallest absolute Gasteiger partial charge is 0.309 e. The molecule has 1 aliphatic rings. The number of methoxy groups -OCH3 is 2. The Morgan fingerprint density at radius 3 is 2.05 bits per heavy atom. The summed E-state index contributed by atoms with van der Waals surface area (Å²) < 4.78 is 9.66. The van der Waals surface area contributed by atoms with Crippen LogP contribution in [-0.2, 0) is 25.6 Å². The molecule has 1 aromatic carbocycles. The summed E-state index contributed by atoms with van der Waals surface area (Å²) in [5.74, 6) is -1.09. The van der Waals surface area contributed by atoms with E-state index in [1.807, 2.05) is 30.3 Å². The van der Waals surface area contributed by atoms with Crippen LogP contribution in [0.3, 0.4) is 0 Å². The first-order chi connectivity index (χ1) is 10.1. The Kier molecular flexibility index (Phi) is 5.33. The van der Waals surface area contributed by atoms with Crippen molar-refractivity contribution < 1.29 is 19.1 Å². The number of piperidine rings is 1. The highest BCUT2D eigenvalue weighted by Crippen LogP contribution is 2.25. The maximum absolute atomic E-state index is 11.8. The van der Waals surface area contributed by atoms with Gasteiger partial charge >= 0.3 is 11.9 Å². The van der Waals surface area contributed by atoms with Gasteiger partial charge in [0.1, 0.15) is 0 Å². The van der Waals surface area contributed by atoms with Gasteiger partial charge in [-0.3, -0.25) is 14.5 Å². The molecule has 21 heavy (non-hydrogen) atoms. The molecule has 0 amide bonds. The lowest BCUT2D eigenvalue weighted by Gasteiger charge is -2.35. The van der Waals surface area contributed by atoms with Crippen LogP contribution in [0.25, 0.3) is 0 Å². The van der Waals surface area contributed by atoms with Gasteiger partial charge in [-0.25, -0.2) is 0 Å². The normalized spacial score (nSPS) is 22.6. The predicted octanol–water partition coefficient (Wildman–Crippen LogP) is 1.47. The molecule has 0 spiro atoms. The van der Waals surface area contributed by atoms with Gasteiger partial charge in [-0.15, -0.1) is 0 Å². The molecule has 0 N–H and O–H groups in total. The van der Waals surface area contributed by atoms with Gasteiger partial charge in [-0.1, -0.05) is 30.3 Å². The van der Waals surface area contributed by atoms with Gasteiger partial charge < -0.3 is 9.47 Å². The number of nitrogens with zero attached hydrogens (tertiary/aromatic N) is 1. The lowest BCUT2D eigenvalue weighted by Crippen LogP contribution is -2.45. The second-order valence-corrected chi connectivity index (χ2v) is 5.36. The summed E-state index contributed by atoms with van der Waals surface area (Å²) in [5, 5.41) is 0. The molecule has 1 heterocycles. The van der Waals surface area contributed by atoms with Crippen molar-refractivity contribution in [3.8, 4) is 0 Å². The van der Waals surface area contributed by atoms with Gasteiger partial charge in [-0.2, -0.15) is 0 Å². The van der Waals surface area contributed by atoms with Crippen molar-refractivity contribution in [2.45, 2.75) is 13.0 Å². The van der Waals surface area contributed by atoms with Crippen molar-refractivity contribution in [1.29, 1.82) is 0 Å². The summed E-state index contributed by atoms with van der Waals surface area (Å²) in [6.07, 6.45) is 0.491. The molecule has 1 aliphatic heterocycles. The quantitative estimate of drug-likeness (QED) is 0.786. The van der Waals surface area contributed by atoms with Gasteiger partial charge in [-0.05, 0) is 12.0 Å². The zero-order chi connectivity index (χ0) is 15.2. The summed E-state index contributed by atoms with van der Waals surface area (Å²) in [7, 11) is 2.76. The Bertz CT molecular complexity index is 464. The lowest BCUT2D eigenvalue weighted by atomic mass is 9.89. The van der Waals surface area contributed by atoms with Crippen LogP contribution in [0.4, 0.5) is 0 Å². The van der Waals surface area contributed by atoms with Crippen molar-refractivity contribution in [1.82, 2.24) is 4.90 Å². The standard InChI is InChI=1S/C16H21NO4/c1-20-15(18)13-8-14(16(19)21-2)11-17(10-13)9-12-6-4-3-5-7-12/h3-7,13-14H,8-11H2,1-2H3. The minimum absolute atomic E-state index is 0.262. The van der Waals surface area contributed by atoms with E-state index in [-0.39, 0.29) is 23.8 Å². The summed E-state index contributed by atoms with van der Waals surface area (Å²) in [6.45, 7) is 1.92. The van der Waals surface area contributed by atoms with E-state index in [1.165, 1.54) is 14.2 Å². The molecule has 0 aromatic heterocycles. The number of hydrogen-bond acceptors (Lipinski definition) is 5. The van der Waals surface area contributed by atoms with Gasteiger partial charge in [0.25, 0.3) is 0 Å². The largest absolute Gasteiger partial charge is 0.469 e. The fourth-order valence-electron chi connectivity index (χ4n) is 2.84. The molecule has 0 bridgehead atoms. The van der Waals surface area contributed by atoms with E-state index in [0.717, 1.165) is 5.56 Å². The summed E-state index contributed by atoms with van der Waals surface area (Å²) in [4.78, 5) is 25.8. The topological polar surface area (TPSA) is 55.8 Å². The highest BCUT2D eigenvalue weighted by molar-refractivity contribution is 5.76. The molecular weight excluding hydrogens is 270 g/mol. The summed E-state index contributed by atoms with van der Waals surface area (Å²) in [5.41, 5.74) is 1.16. The molecule has 5 nitrogen and oxygen atoms in total. The maximum atomic E-state index is 11.8. The first-order valence-corrected chi connectivity index (χ1v) is 7.06. The van der Waals surface area contributed by atoms with Crippen molar-refractivity contribution in [3.63, 3.8) is 0 Å². The Morgan fingerprint density at radius 1 is 1.05 bits per heavy atom. The molecule has 2 rings (SSSR count). The third-order valence-electron chi connectivity index (χ3n) is 3.84. The molecular formula is C16H21NO4. The number of esters is 2. The van der Waals surface area contributed by atoms with Crippen molar-refractivity contribution >= 4 is 11.9 Å². The van der Waals surface area contributed by atoms with E-state index < -0.39 is 0 Å². The molecule has 1 fully saturated rings. The Labute approximate surface area is 124 Å². The summed E-state index contributed by atoms with van der Waals surface area (Å²) >= 11 is 0. The number of rotatable bonds is 4. The van der Waals surface area contributed by atoms with Crippen molar-refractivity contribution in [2.75, 3.05) is 27.3 Å². The fourth-order valence-corrected chi connectivity index (χ4v) is 2.84. The number of likely N-dealkylation sites (tertiary alicyclic amines) is 1. The minimum Gasteiger partial charge on any atom is -0.469 e. The second kappa shape index (κ2) is 7.22. The molecule has 1 aromatic rings. The Hall–Kier alpha value is -1.88. The molecule has 0 radical (unpaired) electrons. The van der Waals surface area contributed by atoms with E-state index in [1.54, 1.807) is 0 Å². The van der Waals surface area contributed by atoms with Gasteiger partial charge in [0, 0.05) is 19.6 Å². The van der Waals surface area contributed by atoms with E-state index in [4.69, 9.17) is 9.47 Å². The monoisotopic (exact) mass is 291 g/mol. The third-order valence-corrected chi connectivity index (χ3v) is 3.84. The zero-order valence-electron chi connectivity index (χ0n) is 12.5. The van der Waals surface area contributed by atoms with Gasteiger partial charge in [0.15, 0.2) is 0 Å². The van der Waals surface area contributed by atoms with E-state index >= 15 is 0 Å². The molecule has 2 unspecified atom stereocenters. The number of hydrogen-bond donors (Lipinski definition) is 0. The van der Waals surface area contributed by atoms with Crippen LogP contribution in [0.1, 0.15) is 12.0 Å². The molecule has 1 saturated heterocycles. The highest BCUT2D eigenvalue weighted by atomic mass is 16.5. The first kappa shape index (κ1) is 15.5. The number of ether oxygens (including phenoxy) is 2. The number of carbonyl (C=O) groups excluding carboxylic acids is 2. The predicted molar refractivity (Wildman–Crippen MR) is 77.3 cm³/mol. The van der Waals surface area contributed by atoms with Crippen LogP contribution in [0, 0.1) is 11.8 Å². The van der Waals surface area contributed by atoms with Crippen LogP contribution in [0.15, 0.2) is 30.3 Å². The highest BCUT2D eigenvalue weighted by Gasteiger charge is 2.36. The molecule has 114 valence electrons. The number of benzene rings is 1. The van der Waals surface area contributed by atoms with Crippen molar-refractivity contribution in [2.24, 2.45) is 11.8 Å². The SMILES string of the molecule is COC(=O)C1CC(C(=O)OC)CN(Cc2ccccc2)C1. The first-order valence-electron chi connectivity index (χ1n) is 7.06. The molecule has 0 aliphatic carbocycles. The van der Waals surface area contributed by atoms with E-state index in [9.17, 15) is 9.59 Å². The fraction of sp³-hybridized carbons (Fsp3) is 0.500. The van der Waals surface area contributed by atoms with Gasteiger partial charge in [0.05, 0.1) is 26.1 Å². The van der Waals surface area contributed by atoms with E-state index in [2.05, 4.69) is 4.90 Å².